The van der Waals surface area contributed by atoms with Crippen molar-refractivity contribution in [2.75, 3.05) is 0 Å². The summed E-state index contributed by atoms with van der Waals surface area (Å²) < 4.78 is 0.808. The van der Waals surface area contributed by atoms with Gasteiger partial charge in [0.05, 0.1) is 21.8 Å². The number of nitrogens with zero attached hydrogens (tertiary/aromatic N) is 3. The van der Waals surface area contributed by atoms with E-state index >= 15 is 0 Å². The second-order valence-corrected chi connectivity index (χ2v) is 5.56. The number of hydrogen-bond donors (Lipinski definition) is 0. The summed E-state index contributed by atoms with van der Waals surface area (Å²) in [5.74, 6) is 0. The second-order valence-electron chi connectivity index (χ2n) is 3.77. The van der Waals surface area contributed by atoms with E-state index in [9.17, 15) is 0 Å². The maximum Gasteiger partial charge on any atom is 0.148 e. The smallest absolute Gasteiger partial charge is 0.148 e. The predicted octanol–water partition coefficient (Wildman–Crippen LogP) is 4.54. The van der Waals surface area contributed by atoms with E-state index in [1.807, 2.05) is 0 Å². The largest absolute Gasteiger partial charge is 0.243 e. The molecule has 19 heavy (non-hydrogen) atoms. The number of rotatable bonds is 1. The average Bonchev–Trinajstić information content (AvgIpc) is 2.84. The Labute approximate surface area is 123 Å². The Kier molecular flexibility index (Phi) is 3.11. The highest BCUT2D eigenvalue weighted by molar-refractivity contribution is 7.22. The van der Waals surface area contributed by atoms with Crippen molar-refractivity contribution < 1.29 is 0 Å². The van der Waals surface area contributed by atoms with E-state index in [0.29, 0.717) is 26.3 Å². The number of aromatic nitrogens is 2. The summed E-state index contributed by atoms with van der Waals surface area (Å²) in [5, 5.41) is 10.8. The normalized spacial score (nSPS) is 10.6. The predicted molar refractivity (Wildman–Crippen MR) is 77.6 cm³/mol. The number of nitriles is 1. The van der Waals surface area contributed by atoms with Gasteiger partial charge in [-0.15, -0.1) is 11.3 Å². The van der Waals surface area contributed by atoms with Gasteiger partial charge in [-0.05, 0) is 24.3 Å². The van der Waals surface area contributed by atoms with E-state index < -0.39 is 0 Å². The third-order valence-electron chi connectivity index (χ3n) is 2.59. The molecule has 3 rings (SSSR count). The molecule has 0 aliphatic rings. The first-order chi connectivity index (χ1) is 9.19. The quantitative estimate of drug-likeness (QED) is 0.620. The number of fused-ring (bicyclic) bond motifs is 1. The highest BCUT2D eigenvalue weighted by Crippen LogP contribution is 2.35. The van der Waals surface area contributed by atoms with Crippen molar-refractivity contribution in [1.29, 1.82) is 5.26 Å². The summed E-state index contributed by atoms with van der Waals surface area (Å²) >= 11 is 13.4. The van der Waals surface area contributed by atoms with Crippen molar-refractivity contribution in [2.45, 2.75) is 0 Å². The second kappa shape index (κ2) is 4.78. The number of hydrogen-bond acceptors (Lipinski definition) is 4. The van der Waals surface area contributed by atoms with Crippen LogP contribution in [0.1, 0.15) is 5.56 Å². The molecule has 0 atom stereocenters. The van der Waals surface area contributed by atoms with Crippen LogP contribution in [0.4, 0.5) is 0 Å². The molecule has 0 fully saturated rings. The van der Waals surface area contributed by atoms with Crippen LogP contribution in [0.25, 0.3) is 20.8 Å². The van der Waals surface area contributed by atoms with E-state index in [0.717, 1.165) is 10.2 Å². The first-order valence-electron chi connectivity index (χ1n) is 5.30. The summed E-state index contributed by atoms with van der Waals surface area (Å²) in [6.07, 6.45) is 1.61. The lowest BCUT2D eigenvalue weighted by Crippen LogP contribution is -1.83. The standard InChI is InChI=1S/C13H5Cl2N3S/c14-8-2-1-7(6-16)9(5-8)13-18-10-3-4-17-12(15)11(10)19-13/h1-5H. The lowest BCUT2D eigenvalue weighted by Gasteiger charge is -1.99. The first kappa shape index (κ1) is 12.4. The molecule has 0 aliphatic carbocycles. The zero-order valence-electron chi connectivity index (χ0n) is 9.39. The minimum absolute atomic E-state index is 0.418. The first-order valence-corrected chi connectivity index (χ1v) is 6.87. The lowest BCUT2D eigenvalue weighted by molar-refractivity contribution is 1.35. The van der Waals surface area contributed by atoms with E-state index in [4.69, 9.17) is 28.5 Å². The summed E-state index contributed by atoms with van der Waals surface area (Å²) in [6, 6.07) is 9.03. The molecular formula is C13H5Cl2N3S. The van der Waals surface area contributed by atoms with E-state index in [1.54, 1.807) is 30.5 Å². The highest BCUT2D eigenvalue weighted by atomic mass is 35.5. The summed E-state index contributed by atoms with van der Waals surface area (Å²) in [6.45, 7) is 0. The number of halogens is 2. The Morgan fingerprint density at radius 3 is 2.79 bits per heavy atom. The van der Waals surface area contributed by atoms with Crippen LogP contribution in [0.2, 0.25) is 10.2 Å². The fourth-order valence-electron chi connectivity index (χ4n) is 1.73. The maximum absolute atomic E-state index is 9.15. The van der Waals surface area contributed by atoms with Gasteiger partial charge in [0.25, 0.3) is 0 Å². The average molecular weight is 306 g/mol. The molecule has 0 bridgehead atoms. The SMILES string of the molecule is N#Cc1ccc(Cl)cc1-c1nc2ccnc(Cl)c2s1. The molecule has 0 aliphatic heterocycles. The molecule has 0 spiro atoms. The molecule has 3 nitrogen and oxygen atoms in total. The van der Waals surface area contributed by atoms with Crippen LogP contribution in [0.5, 0.6) is 0 Å². The van der Waals surface area contributed by atoms with Crippen LogP contribution in [0.15, 0.2) is 30.5 Å². The summed E-state index contributed by atoms with van der Waals surface area (Å²) in [5.41, 5.74) is 2.02. The van der Waals surface area contributed by atoms with Crippen molar-refractivity contribution >= 4 is 44.8 Å². The van der Waals surface area contributed by atoms with Gasteiger partial charge < -0.3 is 0 Å². The highest BCUT2D eigenvalue weighted by Gasteiger charge is 2.13. The molecule has 1 aromatic carbocycles. The van der Waals surface area contributed by atoms with E-state index in [-0.39, 0.29) is 0 Å². The molecule has 2 aromatic heterocycles. The Morgan fingerprint density at radius 1 is 1.21 bits per heavy atom. The van der Waals surface area contributed by atoms with Crippen LogP contribution in [-0.4, -0.2) is 9.97 Å². The van der Waals surface area contributed by atoms with Crippen molar-refractivity contribution in [3.05, 3.63) is 46.2 Å². The number of benzene rings is 1. The van der Waals surface area contributed by atoms with Crippen molar-refractivity contribution in [2.24, 2.45) is 0 Å². The van der Waals surface area contributed by atoms with E-state index in [1.165, 1.54) is 11.3 Å². The van der Waals surface area contributed by atoms with Crippen molar-refractivity contribution in [3.8, 4) is 16.6 Å². The lowest BCUT2D eigenvalue weighted by atomic mass is 10.1. The molecule has 0 N–H and O–H groups in total. The van der Waals surface area contributed by atoms with Gasteiger partial charge in [0, 0.05) is 16.8 Å². The van der Waals surface area contributed by atoms with Gasteiger partial charge in [-0.2, -0.15) is 5.26 Å². The molecule has 0 radical (unpaired) electrons. The van der Waals surface area contributed by atoms with Crippen LogP contribution < -0.4 is 0 Å². The maximum atomic E-state index is 9.15. The number of thiazole rings is 1. The molecule has 0 amide bonds. The van der Waals surface area contributed by atoms with E-state index in [2.05, 4.69) is 16.0 Å². The molecule has 0 saturated heterocycles. The zero-order chi connectivity index (χ0) is 13.4. The Morgan fingerprint density at radius 2 is 2.05 bits per heavy atom. The molecule has 0 unspecified atom stereocenters. The monoisotopic (exact) mass is 305 g/mol. The Bertz CT molecular complexity index is 820. The van der Waals surface area contributed by atoms with Gasteiger partial charge in [0.1, 0.15) is 10.2 Å². The zero-order valence-corrected chi connectivity index (χ0v) is 11.7. The summed E-state index contributed by atoms with van der Waals surface area (Å²) in [7, 11) is 0. The minimum atomic E-state index is 0.418. The Balaban J connectivity index is 2.28. The van der Waals surface area contributed by atoms with Crippen LogP contribution in [0, 0.1) is 11.3 Å². The third kappa shape index (κ3) is 2.17. The van der Waals surface area contributed by atoms with Gasteiger partial charge in [0.15, 0.2) is 0 Å². The van der Waals surface area contributed by atoms with Gasteiger partial charge in [-0.1, -0.05) is 23.2 Å². The molecule has 0 saturated carbocycles. The van der Waals surface area contributed by atoms with Crippen molar-refractivity contribution in [3.63, 3.8) is 0 Å². The van der Waals surface area contributed by atoms with Crippen LogP contribution in [0.3, 0.4) is 0 Å². The molecular weight excluding hydrogens is 301 g/mol. The van der Waals surface area contributed by atoms with Gasteiger partial charge in [0.2, 0.25) is 0 Å². The summed E-state index contributed by atoms with van der Waals surface area (Å²) in [4.78, 5) is 8.50. The van der Waals surface area contributed by atoms with Gasteiger partial charge in [-0.3, -0.25) is 0 Å². The molecule has 2 heterocycles. The van der Waals surface area contributed by atoms with Crippen molar-refractivity contribution in [1.82, 2.24) is 9.97 Å². The van der Waals surface area contributed by atoms with Gasteiger partial charge in [-0.25, -0.2) is 9.97 Å². The van der Waals surface area contributed by atoms with Crippen LogP contribution >= 0.6 is 34.5 Å². The third-order valence-corrected chi connectivity index (χ3v) is 4.34. The molecule has 92 valence electrons. The fourth-order valence-corrected chi connectivity index (χ4v) is 3.14. The minimum Gasteiger partial charge on any atom is -0.243 e. The Hall–Kier alpha value is -1.67. The van der Waals surface area contributed by atoms with Crippen LogP contribution in [-0.2, 0) is 0 Å². The topological polar surface area (TPSA) is 49.6 Å². The van der Waals surface area contributed by atoms with Gasteiger partial charge >= 0.3 is 0 Å². The molecule has 6 heteroatoms. The number of pyridine rings is 1. The molecule has 3 aromatic rings. The fraction of sp³-hybridized carbons (Fsp3) is 0.